The second-order valence-corrected chi connectivity index (χ2v) is 5.74. The van der Waals surface area contributed by atoms with Gasteiger partial charge in [0.1, 0.15) is 0 Å². The molecule has 0 radical (unpaired) electrons. The predicted molar refractivity (Wildman–Crippen MR) is 77.1 cm³/mol. The molecule has 0 amide bonds. The highest BCUT2D eigenvalue weighted by Gasteiger charge is 2.10. The second kappa shape index (κ2) is 6.31. The van der Waals surface area contributed by atoms with Gasteiger partial charge in [0, 0.05) is 6.54 Å². The first-order valence-corrected chi connectivity index (χ1v) is 7.43. The van der Waals surface area contributed by atoms with Crippen molar-refractivity contribution in [3.63, 3.8) is 0 Å². The molecular weight excluding hydrogens is 258 g/mol. The van der Waals surface area contributed by atoms with Crippen LogP contribution in [0.5, 0.6) is 0 Å². The number of hydrogen-bond donors (Lipinski definition) is 1. The normalized spacial score (nSPS) is 11.8. The Hall–Kier alpha value is -1.91. The highest BCUT2D eigenvalue weighted by Crippen LogP contribution is 2.06. The molecule has 1 N–H and O–H groups in total. The second-order valence-electron chi connectivity index (χ2n) is 3.98. The highest BCUT2D eigenvalue weighted by molar-refractivity contribution is 7.89. The van der Waals surface area contributed by atoms with E-state index in [0.717, 1.165) is 5.56 Å². The molecule has 0 saturated heterocycles. The van der Waals surface area contributed by atoms with E-state index in [0.29, 0.717) is 0 Å². The zero-order valence-corrected chi connectivity index (χ0v) is 11.2. The Kier molecular flexibility index (Phi) is 4.49. The molecule has 0 spiro atoms. The summed E-state index contributed by atoms with van der Waals surface area (Å²) in [4.78, 5) is 0.281. The Balaban J connectivity index is 1.95. The van der Waals surface area contributed by atoms with Crippen LogP contribution in [0.15, 0.2) is 71.6 Å². The van der Waals surface area contributed by atoms with Crippen molar-refractivity contribution >= 4 is 16.1 Å². The van der Waals surface area contributed by atoms with E-state index in [1.807, 2.05) is 36.4 Å². The summed E-state index contributed by atoms with van der Waals surface area (Å²) in [7, 11) is -3.42. The quantitative estimate of drug-likeness (QED) is 0.910. The molecule has 0 saturated carbocycles. The highest BCUT2D eigenvalue weighted by atomic mass is 32.2. The van der Waals surface area contributed by atoms with Crippen LogP contribution in [0.2, 0.25) is 0 Å². The van der Waals surface area contributed by atoms with E-state index >= 15 is 0 Å². The van der Waals surface area contributed by atoms with Gasteiger partial charge in [0.25, 0.3) is 0 Å². The number of benzene rings is 2. The standard InChI is InChI=1S/C15H15NO2S/c17-19(18,15-11-5-2-6-12-15)16-13-7-10-14-8-3-1-4-9-14/h1-12,16H,13H2/b10-7+. The van der Waals surface area contributed by atoms with Crippen molar-refractivity contribution in [3.8, 4) is 0 Å². The van der Waals surface area contributed by atoms with Gasteiger partial charge in [-0.3, -0.25) is 0 Å². The largest absolute Gasteiger partial charge is 0.240 e. The molecule has 0 unspecified atom stereocenters. The van der Waals surface area contributed by atoms with Crippen LogP contribution < -0.4 is 4.72 Å². The predicted octanol–water partition coefficient (Wildman–Crippen LogP) is 2.68. The van der Waals surface area contributed by atoms with Crippen LogP contribution in [0.1, 0.15) is 5.56 Å². The molecule has 0 aliphatic carbocycles. The zero-order valence-electron chi connectivity index (χ0n) is 10.4. The topological polar surface area (TPSA) is 46.2 Å². The van der Waals surface area contributed by atoms with Crippen molar-refractivity contribution in [2.24, 2.45) is 0 Å². The number of hydrogen-bond acceptors (Lipinski definition) is 2. The first-order chi connectivity index (χ1) is 9.18. The fourth-order valence-corrected chi connectivity index (χ4v) is 2.60. The van der Waals surface area contributed by atoms with Crippen LogP contribution in [0.25, 0.3) is 6.08 Å². The molecule has 3 nitrogen and oxygen atoms in total. The van der Waals surface area contributed by atoms with Gasteiger partial charge in [0.05, 0.1) is 4.90 Å². The summed E-state index contributed by atoms with van der Waals surface area (Å²) >= 11 is 0. The maximum atomic E-state index is 11.9. The lowest BCUT2D eigenvalue weighted by molar-refractivity contribution is 0.585. The monoisotopic (exact) mass is 273 g/mol. The molecule has 0 aromatic heterocycles. The van der Waals surface area contributed by atoms with Crippen molar-refractivity contribution < 1.29 is 8.42 Å². The van der Waals surface area contributed by atoms with Gasteiger partial charge in [-0.15, -0.1) is 0 Å². The van der Waals surface area contributed by atoms with E-state index in [4.69, 9.17) is 0 Å². The molecule has 0 bridgehead atoms. The first-order valence-electron chi connectivity index (χ1n) is 5.95. The summed E-state index contributed by atoms with van der Waals surface area (Å²) in [6.07, 6.45) is 3.67. The van der Waals surface area contributed by atoms with Crippen LogP contribution in [0.3, 0.4) is 0 Å². The van der Waals surface area contributed by atoms with Gasteiger partial charge < -0.3 is 0 Å². The van der Waals surface area contributed by atoms with Gasteiger partial charge in [-0.1, -0.05) is 60.7 Å². The van der Waals surface area contributed by atoms with Crippen LogP contribution in [0.4, 0.5) is 0 Å². The summed E-state index contributed by atoms with van der Waals surface area (Å²) < 4.78 is 26.3. The minimum atomic E-state index is -3.42. The van der Waals surface area contributed by atoms with E-state index in [1.165, 1.54) is 0 Å². The molecule has 19 heavy (non-hydrogen) atoms. The molecule has 0 atom stereocenters. The van der Waals surface area contributed by atoms with Gasteiger partial charge in [0.2, 0.25) is 10.0 Å². The summed E-state index contributed by atoms with van der Waals surface area (Å²) in [6, 6.07) is 18.1. The molecule has 4 heteroatoms. The lowest BCUT2D eigenvalue weighted by Gasteiger charge is -2.03. The Morgan fingerprint density at radius 2 is 1.47 bits per heavy atom. The maximum Gasteiger partial charge on any atom is 0.240 e. The molecule has 0 heterocycles. The van der Waals surface area contributed by atoms with E-state index in [2.05, 4.69) is 4.72 Å². The summed E-state index contributed by atoms with van der Waals surface area (Å²) in [5.74, 6) is 0. The lowest BCUT2D eigenvalue weighted by atomic mass is 10.2. The molecule has 2 aromatic rings. The molecule has 0 fully saturated rings. The van der Waals surface area contributed by atoms with Crippen molar-refractivity contribution in [1.29, 1.82) is 0 Å². The number of rotatable bonds is 5. The third-order valence-corrected chi connectivity index (χ3v) is 3.99. The van der Waals surface area contributed by atoms with E-state index in [9.17, 15) is 8.42 Å². The van der Waals surface area contributed by atoms with Gasteiger partial charge in [-0.05, 0) is 17.7 Å². The summed E-state index contributed by atoms with van der Waals surface area (Å²) in [5.41, 5.74) is 1.04. The van der Waals surface area contributed by atoms with E-state index < -0.39 is 10.0 Å². The van der Waals surface area contributed by atoms with Crippen molar-refractivity contribution in [2.45, 2.75) is 4.90 Å². The third kappa shape index (κ3) is 4.05. The molecule has 0 aliphatic rings. The fourth-order valence-electron chi connectivity index (χ4n) is 1.60. The number of nitrogens with one attached hydrogen (secondary N) is 1. The Labute approximate surface area is 113 Å². The van der Waals surface area contributed by atoms with Crippen molar-refractivity contribution in [3.05, 3.63) is 72.3 Å². The van der Waals surface area contributed by atoms with E-state index in [1.54, 1.807) is 36.4 Å². The van der Waals surface area contributed by atoms with Crippen LogP contribution in [-0.4, -0.2) is 15.0 Å². The minimum Gasteiger partial charge on any atom is -0.207 e. The van der Waals surface area contributed by atoms with Crippen LogP contribution in [-0.2, 0) is 10.0 Å². The van der Waals surface area contributed by atoms with Gasteiger partial charge in [-0.25, -0.2) is 13.1 Å². The first kappa shape index (κ1) is 13.5. The molecule has 2 aromatic carbocycles. The Bertz CT molecular complexity index is 634. The third-order valence-electron chi connectivity index (χ3n) is 2.55. The van der Waals surface area contributed by atoms with Crippen molar-refractivity contribution in [1.82, 2.24) is 4.72 Å². The van der Waals surface area contributed by atoms with E-state index in [-0.39, 0.29) is 11.4 Å². The molecular formula is C15H15NO2S. The SMILES string of the molecule is O=S(=O)(NC/C=C/c1ccccc1)c1ccccc1. The van der Waals surface area contributed by atoms with Gasteiger partial charge >= 0.3 is 0 Å². The zero-order chi connectivity index (χ0) is 13.6. The minimum absolute atomic E-state index is 0.270. The van der Waals surface area contributed by atoms with Gasteiger partial charge in [-0.2, -0.15) is 0 Å². The Morgan fingerprint density at radius 1 is 0.895 bits per heavy atom. The summed E-state index contributed by atoms with van der Waals surface area (Å²) in [6.45, 7) is 0.270. The molecule has 98 valence electrons. The maximum absolute atomic E-state index is 11.9. The lowest BCUT2D eigenvalue weighted by Crippen LogP contribution is -2.23. The Morgan fingerprint density at radius 3 is 2.11 bits per heavy atom. The smallest absolute Gasteiger partial charge is 0.207 e. The number of sulfonamides is 1. The summed E-state index contributed by atoms with van der Waals surface area (Å²) in [5, 5.41) is 0. The van der Waals surface area contributed by atoms with Crippen LogP contribution in [0, 0.1) is 0 Å². The van der Waals surface area contributed by atoms with Crippen molar-refractivity contribution in [2.75, 3.05) is 6.54 Å². The average Bonchev–Trinajstić information content (AvgIpc) is 2.46. The fraction of sp³-hybridized carbons (Fsp3) is 0.0667. The molecule has 0 aliphatic heterocycles. The van der Waals surface area contributed by atoms with Crippen LogP contribution >= 0.6 is 0 Å². The molecule has 2 rings (SSSR count). The average molecular weight is 273 g/mol. The van der Waals surface area contributed by atoms with Gasteiger partial charge in [0.15, 0.2) is 0 Å².